The molecule has 0 aromatic heterocycles. The summed E-state index contributed by atoms with van der Waals surface area (Å²) in [7, 11) is -1.82. The van der Waals surface area contributed by atoms with E-state index in [0.29, 0.717) is 0 Å². The van der Waals surface area contributed by atoms with E-state index in [1.165, 1.54) is 0 Å². The van der Waals surface area contributed by atoms with Crippen molar-refractivity contribution >= 4 is 7.94 Å². The first kappa shape index (κ1) is 6.99. The lowest BCUT2D eigenvalue weighted by molar-refractivity contribution is -0.0734. The third-order valence-corrected chi connectivity index (χ3v) is 3.74. The van der Waals surface area contributed by atoms with Gasteiger partial charge in [0.25, 0.3) is 0 Å². The first-order valence-corrected chi connectivity index (χ1v) is 5.41. The summed E-state index contributed by atoms with van der Waals surface area (Å²) in [6.45, 7) is 6.45. The molecule has 0 unspecified atom stereocenters. The first-order valence-electron chi connectivity index (χ1n) is 3.42. The highest BCUT2D eigenvalue weighted by molar-refractivity contribution is 7.60. The second-order valence-corrected chi connectivity index (χ2v) is 5.72. The van der Waals surface area contributed by atoms with Gasteiger partial charge in [0, 0.05) is 0 Å². The molecule has 3 aliphatic rings. The molecular weight excluding hydrogens is 151 g/mol. The molecule has 3 aliphatic heterocycles. The van der Waals surface area contributed by atoms with Crippen LogP contribution in [0.5, 0.6) is 0 Å². The van der Waals surface area contributed by atoms with Crippen molar-refractivity contribution in [2.75, 3.05) is 26.5 Å². The molecule has 0 aromatic rings. The minimum Gasteiger partial charge on any atom is -0.177 e. The Bertz CT molecular complexity index is 117. The Labute approximate surface area is 61.2 Å². The Morgan fingerprint density at radius 3 is 1.80 bits per heavy atom. The Morgan fingerprint density at radius 1 is 1.10 bits per heavy atom. The summed E-state index contributed by atoms with van der Waals surface area (Å²) >= 11 is 0. The third-order valence-electron chi connectivity index (χ3n) is 1.94. The van der Waals surface area contributed by atoms with Gasteiger partial charge < -0.3 is 0 Å². The number of hydrogen-bond donors (Lipinski definition) is 0. The molecule has 3 saturated heterocycles. The second kappa shape index (κ2) is 1.92. The van der Waals surface area contributed by atoms with Crippen molar-refractivity contribution in [1.82, 2.24) is 0 Å². The molecule has 58 valence electrons. The predicted molar refractivity (Wildman–Crippen MR) is 38.8 cm³/mol. The molecule has 0 radical (unpaired) electrons. The minimum atomic E-state index is -1.82. The lowest BCUT2D eigenvalue weighted by Gasteiger charge is -2.40. The smallest absolute Gasteiger partial charge is 0.177 e. The zero-order valence-electron chi connectivity index (χ0n) is 6.29. The first-order chi connectivity index (χ1) is 4.62. The monoisotopic (exact) mass is 163 g/mol. The van der Waals surface area contributed by atoms with Crippen molar-refractivity contribution in [2.45, 2.75) is 6.92 Å². The zero-order chi connectivity index (χ0) is 7.24. The van der Waals surface area contributed by atoms with Crippen molar-refractivity contribution in [3.63, 3.8) is 0 Å². The summed E-state index contributed by atoms with van der Waals surface area (Å²) in [6.07, 6.45) is 0. The van der Waals surface area contributed by atoms with Gasteiger partial charge in [-0.05, 0) is 0 Å². The van der Waals surface area contributed by atoms with E-state index in [1.54, 1.807) is 0 Å². The standard InChI is InChI=1S/C6H12O3P/c1-6-3-7-10(2,8-4-6)9-5-6/h3-5H2,1-2H3/q+1. The highest BCUT2D eigenvalue weighted by Crippen LogP contribution is 2.66. The second-order valence-electron chi connectivity index (χ2n) is 3.40. The molecule has 3 fully saturated rings. The Balaban J connectivity index is 2.16. The quantitative estimate of drug-likeness (QED) is 0.506. The molecule has 0 spiro atoms. The maximum absolute atomic E-state index is 5.43. The maximum atomic E-state index is 5.43. The van der Waals surface area contributed by atoms with Gasteiger partial charge in [0.1, 0.15) is 26.5 Å². The molecule has 0 aromatic carbocycles. The highest BCUT2D eigenvalue weighted by Gasteiger charge is 2.55. The summed E-state index contributed by atoms with van der Waals surface area (Å²) in [5.74, 6) is 0. The summed E-state index contributed by atoms with van der Waals surface area (Å²) in [4.78, 5) is 0. The summed E-state index contributed by atoms with van der Waals surface area (Å²) in [5, 5.41) is 0. The summed E-state index contributed by atoms with van der Waals surface area (Å²) in [6, 6.07) is 0. The minimum absolute atomic E-state index is 0.123. The fourth-order valence-electron chi connectivity index (χ4n) is 1.06. The van der Waals surface area contributed by atoms with E-state index in [0.717, 1.165) is 19.8 Å². The normalized spacial score (nSPS) is 53.4. The van der Waals surface area contributed by atoms with Gasteiger partial charge in [0.2, 0.25) is 0 Å². The van der Waals surface area contributed by atoms with E-state index >= 15 is 0 Å². The van der Waals surface area contributed by atoms with Gasteiger partial charge in [-0.25, -0.2) is 0 Å². The van der Waals surface area contributed by atoms with Crippen LogP contribution in [0, 0.1) is 5.41 Å². The van der Waals surface area contributed by atoms with Crippen LogP contribution in [0.3, 0.4) is 0 Å². The molecule has 10 heavy (non-hydrogen) atoms. The highest BCUT2D eigenvalue weighted by atomic mass is 31.2. The molecule has 3 rings (SSSR count). The van der Waals surface area contributed by atoms with Crippen LogP contribution in [-0.2, 0) is 13.6 Å². The maximum Gasteiger partial charge on any atom is 0.408 e. The molecular formula is C6H12O3P+. The van der Waals surface area contributed by atoms with E-state index in [-0.39, 0.29) is 5.41 Å². The van der Waals surface area contributed by atoms with Gasteiger partial charge >= 0.3 is 7.94 Å². The lowest BCUT2D eigenvalue weighted by Crippen LogP contribution is -2.43. The molecule has 0 N–H and O–H groups in total. The number of hydrogen-bond acceptors (Lipinski definition) is 3. The summed E-state index contributed by atoms with van der Waals surface area (Å²) in [5.41, 5.74) is 0.123. The SMILES string of the molecule is CC12CO[P+](C)(OC1)OC2. The average Bonchev–Trinajstić information content (AvgIpc) is 1.93. The lowest BCUT2D eigenvalue weighted by atomic mass is 9.95. The van der Waals surface area contributed by atoms with Crippen LogP contribution < -0.4 is 0 Å². The molecule has 0 aliphatic carbocycles. The molecule has 0 saturated carbocycles. The van der Waals surface area contributed by atoms with Gasteiger partial charge in [-0.3, -0.25) is 0 Å². The van der Waals surface area contributed by atoms with Crippen molar-refractivity contribution in [1.29, 1.82) is 0 Å². The van der Waals surface area contributed by atoms with Crippen LogP contribution in [0.4, 0.5) is 0 Å². The molecule has 0 atom stereocenters. The van der Waals surface area contributed by atoms with Gasteiger partial charge in [-0.1, -0.05) is 6.92 Å². The van der Waals surface area contributed by atoms with Gasteiger partial charge in [0.15, 0.2) is 0 Å². The van der Waals surface area contributed by atoms with Gasteiger partial charge in [0.05, 0.1) is 5.41 Å². The fraction of sp³-hybridized carbons (Fsp3) is 1.00. The van der Waals surface area contributed by atoms with Gasteiger partial charge in [-0.2, -0.15) is 13.6 Å². The van der Waals surface area contributed by atoms with Crippen molar-refractivity contribution in [3.05, 3.63) is 0 Å². The number of fused-ring (bicyclic) bond motifs is 3. The van der Waals surface area contributed by atoms with Crippen LogP contribution in [0.15, 0.2) is 0 Å². The molecule has 3 heterocycles. The Morgan fingerprint density at radius 2 is 1.50 bits per heavy atom. The van der Waals surface area contributed by atoms with Crippen molar-refractivity contribution in [3.8, 4) is 0 Å². The molecule has 0 amide bonds. The van der Waals surface area contributed by atoms with E-state index in [9.17, 15) is 0 Å². The van der Waals surface area contributed by atoms with E-state index in [4.69, 9.17) is 13.6 Å². The summed E-state index contributed by atoms with van der Waals surface area (Å²) < 4.78 is 16.3. The van der Waals surface area contributed by atoms with E-state index in [2.05, 4.69) is 6.92 Å². The van der Waals surface area contributed by atoms with Crippen LogP contribution >= 0.6 is 7.94 Å². The molecule has 2 bridgehead atoms. The van der Waals surface area contributed by atoms with Crippen LogP contribution in [0.25, 0.3) is 0 Å². The average molecular weight is 163 g/mol. The van der Waals surface area contributed by atoms with E-state index < -0.39 is 7.94 Å². The fourth-order valence-corrected chi connectivity index (χ4v) is 2.92. The van der Waals surface area contributed by atoms with Crippen LogP contribution in [0.2, 0.25) is 0 Å². The molecule has 3 nitrogen and oxygen atoms in total. The van der Waals surface area contributed by atoms with Gasteiger partial charge in [-0.15, -0.1) is 0 Å². The van der Waals surface area contributed by atoms with E-state index in [1.807, 2.05) is 6.66 Å². The van der Waals surface area contributed by atoms with Crippen LogP contribution in [-0.4, -0.2) is 26.5 Å². The Hall–Kier alpha value is 0.310. The largest absolute Gasteiger partial charge is 0.408 e. The third kappa shape index (κ3) is 0.978. The van der Waals surface area contributed by atoms with Crippen molar-refractivity contribution in [2.24, 2.45) is 5.41 Å². The molecule has 4 heteroatoms. The van der Waals surface area contributed by atoms with Crippen molar-refractivity contribution < 1.29 is 13.6 Å². The Kier molecular flexibility index (Phi) is 1.34. The zero-order valence-corrected chi connectivity index (χ0v) is 7.19. The van der Waals surface area contributed by atoms with Crippen LogP contribution in [0.1, 0.15) is 6.92 Å². The number of rotatable bonds is 0. The predicted octanol–water partition coefficient (Wildman–Crippen LogP) is 1.46. The topological polar surface area (TPSA) is 27.7 Å².